The third-order valence-electron chi connectivity index (χ3n) is 3.03. The number of aromatic nitrogens is 1. The summed E-state index contributed by atoms with van der Waals surface area (Å²) in [4.78, 5) is 16.4. The summed E-state index contributed by atoms with van der Waals surface area (Å²) < 4.78 is 0. The first-order chi connectivity index (χ1) is 8.69. The zero-order valence-corrected chi connectivity index (χ0v) is 11.3. The largest absolute Gasteiger partial charge is 0.366 e. The minimum absolute atomic E-state index is 0. The Kier molecular flexibility index (Phi) is 5.94. The molecule has 3 N–H and O–H groups in total. The second-order valence-electron chi connectivity index (χ2n) is 4.38. The van der Waals surface area contributed by atoms with Crippen LogP contribution in [0.4, 0.5) is 11.5 Å². The molecule has 2 rings (SSSR count). The number of likely N-dealkylation sites (tertiary alicyclic amines) is 1. The fourth-order valence-electron chi connectivity index (χ4n) is 2.12. The summed E-state index contributed by atoms with van der Waals surface area (Å²) in [6.07, 6.45) is 2.31. The molecule has 1 unspecified atom stereocenters. The number of nitro groups is 1. The summed E-state index contributed by atoms with van der Waals surface area (Å²) in [5.41, 5.74) is 5.52. The maximum atomic E-state index is 10.5. The molecule has 7 nitrogen and oxygen atoms in total. The van der Waals surface area contributed by atoms with E-state index in [9.17, 15) is 10.1 Å². The number of halogens is 1. The van der Waals surface area contributed by atoms with Crippen LogP contribution in [0.3, 0.4) is 0 Å². The summed E-state index contributed by atoms with van der Waals surface area (Å²) in [5, 5.41) is 13.8. The number of nitrogens with zero attached hydrogens (tertiary/aromatic N) is 3. The fourth-order valence-corrected chi connectivity index (χ4v) is 2.12. The molecule has 1 aliphatic rings. The van der Waals surface area contributed by atoms with E-state index in [0.717, 1.165) is 26.1 Å². The molecule has 2 heterocycles. The molecule has 0 spiro atoms. The van der Waals surface area contributed by atoms with E-state index in [1.165, 1.54) is 12.3 Å². The number of nitrogens with two attached hydrogens (primary N) is 1. The zero-order valence-electron chi connectivity index (χ0n) is 10.5. The summed E-state index contributed by atoms with van der Waals surface area (Å²) in [6.45, 7) is 3.55. The van der Waals surface area contributed by atoms with Crippen LogP contribution in [0, 0.1) is 10.1 Å². The van der Waals surface area contributed by atoms with E-state index < -0.39 is 4.92 Å². The van der Waals surface area contributed by atoms with Gasteiger partial charge in [-0.15, -0.1) is 12.4 Å². The van der Waals surface area contributed by atoms with Crippen molar-refractivity contribution in [2.24, 2.45) is 5.73 Å². The van der Waals surface area contributed by atoms with Crippen molar-refractivity contribution < 1.29 is 4.92 Å². The third kappa shape index (κ3) is 4.30. The maximum Gasteiger partial charge on any atom is 0.287 e. The Labute approximate surface area is 117 Å². The van der Waals surface area contributed by atoms with E-state index in [1.807, 2.05) is 0 Å². The molecular formula is C11H18ClN5O2. The highest BCUT2D eigenvalue weighted by atomic mass is 35.5. The molecule has 0 amide bonds. The van der Waals surface area contributed by atoms with Crippen LogP contribution >= 0.6 is 12.4 Å². The predicted octanol–water partition coefficient (Wildman–Crippen LogP) is 0.856. The van der Waals surface area contributed by atoms with Crippen LogP contribution in [-0.4, -0.2) is 47.0 Å². The molecule has 1 atom stereocenters. The number of rotatable bonds is 5. The molecule has 106 valence electrons. The normalized spacial score (nSPS) is 18.9. The van der Waals surface area contributed by atoms with Crippen LogP contribution in [0.1, 0.15) is 6.42 Å². The predicted molar refractivity (Wildman–Crippen MR) is 75.7 cm³/mol. The Balaban J connectivity index is 0.00000180. The molecule has 8 heteroatoms. The standard InChI is InChI=1S/C11H17N5O2.ClH/c12-4-6-15-5-3-9(8-15)14-11-2-1-10(7-13-11)16(17)18;/h1-2,7,9H,3-6,8,12H2,(H,13,14);1H. The molecule has 1 fully saturated rings. The maximum absolute atomic E-state index is 10.5. The molecule has 1 saturated heterocycles. The van der Waals surface area contributed by atoms with Gasteiger partial charge < -0.3 is 11.1 Å². The van der Waals surface area contributed by atoms with Gasteiger partial charge in [-0.2, -0.15) is 0 Å². The van der Waals surface area contributed by atoms with E-state index in [4.69, 9.17) is 5.73 Å². The van der Waals surface area contributed by atoms with Crippen LogP contribution < -0.4 is 11.1 Å². The number of hydrogen-bond donors (Lipinski definition) is 2. The molecule has 0 radical (unpaired) electrons. The second kappa shape index (κ2) is 7.22. The van der Waals surface area contributed by atoms with Gasteiger partial charge in [-0.05, 0) is 12.5 Å². The topological polar surface area (TPSA) is 97.3 Å². The SMILES string of the molecule is Cl.NCCN1CCC(Nc2ccc([N+](=O)[O-])cn2)C1. The van der Waals surface area contributed by atoms with Crippen molar-refractivity contribution in [1.82, 2.24) is 9.88 Å². The summed E-state index contributed by atoms with van der Waals surface area (Å²) in [5.74, 6) is 0.681. The van der Waals surface area contributed by atoms with Crippen LogP contribution in [0.5, 0.6) is 0 Å². The third-order valence-corrected chi connectivity index (χ3v) is 3.03. The Bertz CT molecular complexity index is 414. The minimum atomic E-state index is -0.449. The monoisotopic (exact) mass is 287 g/mol. The van der Waals surface area contributed by atoms with E-state index in [-0.39, 0.29) is 18.1 Å². The lowest BCUT2D eigenvalue weighted by Crippen LogP contribution is -2.30. The van der Waals surface area contributed by atoms with Gasteiger partial charge in [0, 0.05) is 38.3 Å². The van der Waals surface area contributed by atoms with E-state index in [0.29, 0.717) is 18.4 Å². The Morgan fingerprint density at radius 1 is 1.58 bits per heavy atom. The minimum Gasteiger partial charge on any atom is -0.366 e. The molecule has 0 bridgehead atoms. The van der Waals surface area contributed by atoms with Gasteiger partial charge in [0.15, 0.2) is 0 Å². The van der Waals surface area contributed by atoms with Gasteiger partial charge in [0.1, 0.15) is 12.0 Å². The Morgan fingerprint density at radius 2 is 2.37 bits per heavy atom. The first-order valence-corrected chi connectivity index (χ1v) is 5.98. The van der Waals surface area contributed by atoms with E-state index >= 15 is 0 Å². The highest BCUT2D eigenvalue weighted by Crippen LogP contribution is 2.16. The molecule has 1 aromatic rings. The smallest absolute Gasteiger partial charge is 0.287 e. The summed E-state index contributed by atoms with van der Waals surface area (Å²) in [7, 11) is 0. The van der Waals surface area contributed by atoms with Gasteiger partial charge in [-0.1, -0.05) is 0 Å². The van der Waals surface area contributed by atoms with Crippen LogP contribution in [-0.2, 0) is 0 Å². The summed E-state index contributed by atoms with van der Waals surface area (Å²) in [6, 6.07) is 3.44. The first-order valence-electron chi connectivity index (χ1n) is 5.98. The van der Waals surface area contributed by atoms with Crippen molar-refractivity contribution in [3.8, 4) is 0 Å². The zero-order chi connectivity index (χ0) is 13.0. The van der Waals surface area contributed by atoms with Crippen LogP contribution in [0.25, 0.3) is 0 Å². The number of nitrogens with one attached hydrogen (secondary N) is 1. The highest BCUT2D eigenvalue weighted by Gasteiger charge is 2.21. The Hall–Kier alpha value is -1.44. The summed E-state index contributed by atoms with van der Waals surface area (Å²) >= 11 is 0. The quantitative estimate of drug-likeness (QED) is 0.616. The van der Waals surface area contributed by atoms with Crippen molar-refractivity contribution in [1.29, 1.82) is 0 Å². The van der Waals surface area contributed by atoms with Gasteiger partial charge in [0.2, 0.25) is 0 Å². The highest BCUT2D eigenvalue weighted by molar-refractivity contribution is 5.85. The average molecular weight is 288 g/mol. The van der Waals surface area contributed by atoms with Gasteiger partial charge in [0.05, 0.1) is 4.92 Å². The molecule has 0 saturated carbocycles. The lowest BCUT2D eigenvalue weighted by atomic mass is 10.2. The Morgan fingerprint density at radius 3 is 2.95 bits per heavy atom. The lowest BCUT2D eigenvalue weighted by molar-refractivity contribution is -0.385. The van der Waals surface area contributed by atoms with Crippen molar-refractivity contribution >= 4 is 23.9 Å². The van der Waals surface area contributed by atoms with E-state index in [2.05, 4.69) is 15.2 Å². The fraction of sp³-hybridized carbons (Fsp3) is 0.545. The number of pyridine rings is 1. The van der Waals surface area contributed by atoms with Crippen molar-refractivity contribution in [2.75, 3.05) is 31.5 Å². The molecule has 0 aromatic carbocycles. The molecule has 1 aromatic heterocycles. The second-order valence-corrected chi connectivity index (χ2v) is 4.38. The molecule has 1 aliphatic heterocycles. The van der Waals surface area contributed by atoms with Crippen LogP contribution in [0.2, 0.25) is 0 Å². The van der Waals surface area contributed by atoms with Gasteiger partial charge in [-0.25, -0.2) is 4.98 Å². The molecular weight excluding hydrogens is 270 g/mol. The number of hydrogen-bond acceptors (Lipinski definition) is 6. The first kappa shape index (κ1) is 15.6. The average Bonchev–Trinajstić information content (AvgIpc) is 2.78. The van der Waals surface area contributed by atoms with E-state index in [1.54, 1.807) is 6.07 Å². The lowest BCUT2D eigenvalue weighted by Gasteiger charge is -2.15. The van der Waals surface area contributed by atoms with Gasteiger partial charge in [0.25, 0.3) is 5.69 Å². The molecule has 0 aliphatic carbocycles. The van der Waals surface area contributed by atoms with Crippen molar-refractivity contribution in [3.05, 3.63) is 28.4 Å². The van der Waals surface area contributed by atoms with Gasteiger partial charge >= 0.3 is 0 Å². The van der Waals surface area contributed by atoms with Gasteiger partial charge in [-0.3, -0.25) is 15.0 Å². The van der Waals surface area contributed by atoms with Crippen LogP contribution in [0.15, 0.2) is 18.3 Å². The van der Waals surface area contributed by atoms with Crippen molar-refractivity contribution in [3.63, 3.8) is 0 Å². The molecule has 19 heavy (non-hydrogen) atoms. The number of anilines is 1. The van der Waals surface area contributed by atoms with Crippen molar-refractivity contribution in [2.45, 2.75) is 12.5 Å².